The van der Waals surface area contributed by atoms with Crippen molar-refractivity contribution in [2.24, 2.45) is 10.9 Å². The van der Waals surface area contributed by atoms with Crippen LogP contribution in [0.5, 0.6) is 0 Å². The van der Waals surface area contributed by atoms with Crippen LogP contribution in [0.25, 0.3) is 0 Å². The topological polar surface area (TPSA) is 58.6 Å². The van der Waals surface area contributed by atoms with Crippen LogP contribution < -0.4 is 5.73 Å². The Hall–Kier alpha value is -1.03. The molecule has 0 fully saturated rings. The Morgan fingerprint density at radius 2 is 2.33 bits per heavy atom. The monoisotopic (exact) mass is 228 g/mol. The maximum Gasteiger partial charge on any atom is 0.143 e. The highest BCUT2D eigenvalue weighted by molar-refractivity contribution is 9.10. The van der Waals surface area contributed by atoms with E-state index in [4.69, 9.17) is 10.9 Å². The van der Waals surface area contributed by atoms with Crippen molar-refractivity contribution >= 4 is 21.8 Å². The van der Waals surface area contributed by atoms with Crippen LogP contribution in [0.4, 0.5) is 0 Å². The average Bonchev–Trinajstić information content (AvgIpc) is 2.04. The Morgan fingerprint density at radius 3 is 2.92 bits per heavy atom. The van der Waals surface area contributed by atoms with E-state index in [1.54, 1.807) is 0 Å². The minimum atomic E-state index is 0.216. The molecular formula is C8H9BrN2O. The Labute approximate surface area is 79.0 Å². The molecule has 0 amide bonds. The highest BCUT2D eigenvalue weighted by atomic mass is 79.9. The van der Waals surface area contributed by atoms with Crippen molar-refractivity contribution in [3.05, 3.63) is 34.3 Å². The highest BCUT2D eigenvalue weighted by Gasteiger charge is 1.96. The number of halogens is 1. The number of nitrogens with zero attached hydrogens (tertiary/aromatic N) is 1. The van der Waals surface area contributed by atoms with Gasteiger partial charge in [0.05, 0.1) is 0 Å². The summed E-state index contributed by atoms with van der Waals surface area (Å²) in [7, 11) is 0. The average molecular weight is 229 g/mol. The van der Waals surface area contributed by atoms with Gasteiger partial charge in [0, 0.05) is 10.9 Å². The van der Waals surface area contributed by atoms with E-state index in [0.717, 1.165) is 10.0 Å². The Morgan fingerprint density at radius 1 is 1.58 bits per heavy atom. The fourth-order valence-electron chi connectivity index (χ4n) is 0.891. The number of nitrogens with two attached hydrogens (primary N) is 1. The van der Waals surface area contributed by atoms with Crippen molar-refractivity contribution in [1.29, 1.82) is 0 Å². The van der Waals surface area contributed by atoms with Crippen LogP contribution in [0.15, 0.2) is 33.9 Å². The zero-order valence-electron chi connectivity index (χ0n) is 6.37. The zero-order chi connectivity index (χ0) is 8.97. The molecule has 1 rings (SSSR count). The van der Waals surface area contributed by atoms with Crippen molar-refractivity contribution in [2.75, 3.05) is 0 Å². The van der Waals surface area contributed by atoms with Crippen LogP contribution in [0.2, 0.25) is 0 Å². The van der Waals surface area contributed by atoms with Gasteiger partial charge in [-0.3, -0.25) is 0 Å². The summed E-state index contributed by atoms with van der Waals surface area (Å²) in [6.45, 7) is 0. The van der Waals surface area contributed by atoms with E-state index in [0.29, 0.717) is 6.42 Å². The van der Waals surface area contributed by atoms with Gasteiger partial charge in [0.25, 0.3) is 0 Å². The predicted octanol–water partition coefficient (Wildman–Crippen LogP) is 1.74. The van der Waals surface area contributed by atoms with Gasteiger partial charge in [0.2, 0.25) is 0 Å². The second kappa shape index (κ2) is 4.11. The molecule has 3 N–H and O–H groups in total. The van der Waals surface area contributed by atoms with Crippen LogP contribution in [0.1, 0.15) is 5.56 Å². The number of rotatable bonds is 2. The molecule has 0 heterocycles. The van der Waals surface area contributed by atoms with Gasteiger partial charge in [0.15, 0.2) is 0 Å². The molecule has 0 aliphatic carbocycles. The van der Waals surface area contributed by atoms with Crippen LogP contribution in [-0.2, 0) is 6.42 Å². The van der Waals surface area contributed by atoms with Crippen LogP contribution in [-0.4, -0.2) is 11.0 Å². The van der Waals surface area contributed by atoms with Crippen molar-refractivity contribution < 1.29 is 5.21 Å². The molecule has 12 heavy (non-hydrogen) atoms. The first-order valence-corrected chi connectivity index (χ1v) is 4.22. The maximum atomic E-state index is 8.32. The quantitative estimate of drug-likeness (QED) is 0.351. The minimum Gasteiger partial charge on any atom is -0.409 e. The van der Waals surface area contributed by atoms with E-state index < -0.39 is 0 Å². The molecule has 1 aromatic rings. The van der Waals surface area contributed by atoms with Gasteiger partial charge >= 0.3 is 0 Å². The smallest absolute Gasteiger partial charge is 0.143 e. The number of amidine groups is 1. The fourth-order valence-corrected chi connectivity index (χ4v) is 1.34. The lowest BCUT2D eigenvalue weighted by Gasteiger charge is -1.99. The van der Waals surface area contributed by atoms with Gasteiger partial charge < -0.3 is 10.9 Å². The second-order valence-corrected chi connectivity index (χ2v) is 3.31. The largest absolute Gasteiger partial charge is 0.409 e. The summed E-state index contributed by atoms with van der Waals surface area (Å²) in [5.41, 5.74) is 6.35. The third-order valence-electron chi connectivity index (χ3n) is 1.40. The molecule has 3 nitrogen and oxygen atoms in total. The molecule has 0 unspecified atom stereocenters. The van der Waals surface area contributed by atoms with Gasteiger partial charge in [-0.1, -0.05) is 33.2 Å². The molecule has 0 aliphatic heterocycles. The highest BCUT2D eigenvalue weighted by Crippen LogP contribution is 2.11. The normalized spacial score (nSPS) is 11.6. The van der Waals surface area contributed by atoms with Gasteiger partial charge in [-0.05, 0) is 17.7 Å². The SMILES string of the molecule is N/C(Cc1cccc(Br)c1)=N\O. The minimum absolute atomic E-state index is 0.216. The third kappa shape index (κ3) is 2.54. The predicted molar refractivity (Wildman–Crippen MR) is 51.3 cm³/mol. The van der Waals surface area contributed by atoms with Crippen molar-refractivity contribution in [1.82, 2.24) is 0 Å². The standard InChI is InChI=1S/C8H9BrN2O/c9-7-3-1-2-6(4-7)5-8(10)11-12/h1-4,12H,5H2,(H2,10,11). The van der Waals surface area contributed by atoms with Gasteiger partial charge in [0.1, 0.15) is 5.84 Å². The fraction of sp³-hybridized carbons (Fsp3) is 0.125. The molecule has 0 radical (unpaired) electrons. The summed E-state index contributed by atoms with van der Waals surface area (Å²) >= 11 is 3.33. The Balaban J connectivity index is 2.76. The zero-order valence-corrected chi connectivity index (χ0v) is 7.95. The van der Waals surface area contributed by atoms with E-state index in [1.165, 1.54) is 0 Å². The Bertz CT molecular complexity index is 299. The third-order valence-corrected chi connectivity index (χ3v) is 1.90. The van der Waals surface area contributed by atoms with Crippen molar-refractivity contribution in [2.45, 2.75) is 6.42 Å². The summed E-state index contributed by atoms with van der Waals surface area (Å²) in [6, 6.07) is 7.68. The molecular weight excluding hydrogens is 220 g/mol. The lowest BCUT2D eigenvalue weighted by Crippen LogP contribution is -2.14. The first-order chi connectivity index (χ1) is 5.72. The van der Waals surface area contributed by atoms with Crippen LogP contribution in [0, 0.1) is 0 Å². The molecule has 0 spiro atoms. The van der Waals surface area contributed by atoms with Crippen molar-refractivity contribution in [3.63, 3.8) is 0 Å². The van der Waals surface area contributed by atoms with Crippen molar-refractivity contribution in [3.8, 4) is 0 Å². The molecule has 0 saturated heterocycles. The Kier molecular flexibility index (Phi) is 3.10. The van der Waals surface area contributed by atoms with E-state index in [9.17, 15) is 0 Å². The summed E-state index contributed by atoms with van der Waals surface area (Å²) in [5, 5.41) is 11.2. The van der Waals surface area contributed by atoms with E-state index >= 15 is 0 Å². The molecule has 4 heteroatoms. The van der Waals surface area contributed by atoms with Gasteiger partial charge in [-0.25, -0.2) is 0 Å². The van der Waals surface area contributed by atoms with E-state index in [2.05, 4.69) is 21.1 Å². The number of hydrogen-bond acceptors (Lipinski definition) is 2. The molecule has 0 saturated carbocycles. The second-order valence-electron chi connectivity index (χ2n) is 2.40. The lowest BCUT2D eigenvalue weighted by molar-refractivity contribution is 0.317. The first kappa shape index (κ1) is 9.06. The summed E-state index contributed by atoms with van der Waals surface area (Å²) < 4.78 is 0.991. The van der Waals surface area contributed by atoms with E-state index in [1.807, 2.05) is 24.3 Å². The number of oxime groups is 1. The van der Waals surface area contributed by atoms with E-state index in [-0.39, 0.29) is 5.84 Å². The summed E-state index contributed by atoms with van der Waals surface area (Å²) in [4.78, 5) is 0. The van der Waals surface area contributed by atoms with Crippen LogP contribution in [0.3, 0.4) is 0 Å². The summed E-state index contributed by atoms with van der Waals surface area (Å²) in [6.07, 6.45) is 0.468. The molecule has 1 aromatic carbocycles. The van der Waals surface area contributed by atoms with Gasteiger partial charge in [-0.2, -0.15) is 0 Å². The lowest BCUT2D eigenvalue weighted by atomic mass is 10.1. The molecule has 64 valence electrons. The van der Waals surface area contributed by atoms with Crippen LogP contribution >= 0.6 is 15.9 Å². The van der Waals surface area contributed by atoms with Gasteiger partial charge in [-0.15, -0.1) is 0 Å². The number of benzene rings is 1. The first-order valence-electron chi connectivity index (χ1n) is 3.43. The number of hydrogen-bond donors (Lipinski definition) is 2. The maximum absolute atomic E-state index is 8.32. The molecule has 0 aliphatic rings. The molecule has 0 aromatic heterocycles. The molecule has 0 bridgehead atoms. The molecule has 0 atom stereocenters. The summed E-state index contributed by atoms with van der Waals surface area (Å²) in [5.74, 6) is 0.216.